The maximum absolute atomic E-state index is 11.7. The Morgan fingerprint density at radius 3 is 2.08 bits per heavy atom. The molecule has 0 aliphatic carbocycles. The van der Waals surface area contributed by atoms with E-state index >= 15 is 0 Å². The lowest BCUT2D eigenvalue weighted by molar-refractivity contribution is -0.241. The minimum absolute atomic E-state index is 0.548. The van der Waals surface area contributed by atoms with Crippen LogP contribution in [0.3, 0.4) is 0 Å². The summed E-state index contributed by atoms with van der Waals surface area (Å²) in [7, 11) is 0. The van der Waals surface area contributed by atoms with Crippen molar-refractivity contribution in [2.75, 3.05) is 6.61 Å². The molecule has 0 aromatic rings. The van der Waals surface area contributed by atoms with E-state index in [1.54, 1.807) is 20.8 Å². The van der Waals surface area contributed by atoms with Gasteiger partial charge in [-0.2, -0.15) is 13.2 Å². The van der Waals surface area contributed by atoms with Gasteiger partial charge in [0.05, 0.1) is 0 Å². The van der Waals surface area contributed by atoms with Gasteiger partial charge in [0.1, 0.15) is 6.61 Å². The molecule has 2 nitrogen and oxygen atoms in total. The number of ether oxygens (including phenoxy) is 1. The van der Waals surface area contributed by atoms with Crippen LogP contribution in [0.2, 0.25) is 0 Å². The summed E-state index contributed by atoms with van der Waals surface area (Å²) in [4.78, 5) is 0. The van der Waals surface area contributed by atoms with Crippen LogP contribution >= 0.6 is 0 Å². The van der Waals surface area contributed by atoms with Crippen LogP contribution < -0.4 is 0 Å². The number of hydrogen-bond acceptors (Lipinski definition) is 2. The lowest BCUT2D eigenvalue weighted by atomic mass is 9.90. The Labute approximate surface area is 75.7 Å². The Balaban J connectivity index is 3.95. The van der Waals surface area contributed by atoms with Crippen molar-refractivity contribution in [2.45, 2.75) is 39.7 Å². The summed E-state index contributed by atoms with van der Waals surface area (Å²) in [5, 5.41) is 9.22. The molecule has 0 fully saturated rings. The summed E-state index contributed by atoms with van der Waals surface area (Å²) in [6.07, 6.45) is -5.21. The Morgan fingerprint density at radius 1 is 1.31 bits per heavy atom. The first-order valence-electron chi connectivity index (χ1n) is 4.05. The van der Waals surface area contributed by atoms with Crippen molar-refractivity contribution in [3.63, 3.8) is 0 Å². The number of halogens is 3. The van der Waals surface area contributed by atoms with Crippen LogP contribution in [0, 0.1) is 5.41 Å². The molecule has 13 heavy (non-hydrogen) atoms. The number of aliphatic hydroxyl groups excluding tert-OH is 1. The van der Waals surface area contributed by atoms with Gasteiger partial charge in [-0.1, -0.05) is 20.8 Å². The molecule has 0 bridgehead atoms. The van der Waals surface area contributed by atoms with Crippen molar-refractivity contribution in [3.8, 4) is 0 Å². The Kier molecular flexibility index (Phi) is 4.19. The average Bonchev–Trinajstić information content (AvgIpc) is 1.98. The Morgan fingerprint density at radius 2 is 1.77 bits per heavy atom. The smallest absolute Gasteiger partial charge is 0.367 e. The number of hydrogen-bond donors (Lipinski definition) is 1. The monoisotopic (exact) mass is 200 g/mol. The lowest BCUT2D eigenvalue weighted by Gasteiger charge is -2.29. The lowest BCUT2D eigenvalue weighted by Crippen LogP contribution is -2.34. The third kappa shape index (κ3) is 5.10. The summed E-state index contributed by atoms with van der Waals surface area (Å²) < 4.78 is 39.3. The van der Waals surface area contributed by atoms with Crippen LogP contribution in [0.1, 0.15) is 27.2 Å². The van der Waals surface area contributed by atoms with Gasteiger partial charge in [0, 0.05) is 5.41 Å². The van der Waals surface area contributed by atoms with Crippen LogP contribution in [0.15, 0.2) is 0 Å². The van der Waals surface area contributed by atoms with E-state index in [2.05, 4.69) is 4.74 Å². The maximum atomic E-state index is 11.7. The van der Waals surface area contributed by atoms with Gasteiger partial charge in [-0.3, -0.25) is 0 Å². The SMILES string of the molecule is CCC(C)(C)C(O)OCC(F)(F)F. The molecular weight excluding hydrogens is 185 g/mol. The summed E-state index contributed by atoms with van der Waals surface area (Å²) in [6, 6.07) is 0. The van der Waals surface area contributed by atoms with Gasteiger partial charge in [-0.15, -0.1) is 0 Å². The van der Waals surface area contributed by atoms with Crippen molar-refractivity contribution in [2.24, 2.45) is 5.41 Å². The topological polar surface area (TPSA) is 29.5 Å². The summed E-state index contributed by atoms with van der Waals surface area (Å²) >= 11 is 0. The minimum atomic E-state index is -4.38. The number of alkyl halides is 3. The molecular formula is C8H15F3O2. The van der Waals surface area contributed by atoms with Crippen LogP contribution in [0.5, 0.6) is 0 Å². The van der Waals surface area contributed by atoms with Crippen molar-refractivity contribution in [3.05, 3.63) is 0 Å². The first-order chi connectivity index (χ1) is 5.69. The predicted molar refractivity (Wildman–Crippen MR) is 42.1 cm³/mol. The molecule has 0 radical (unpaired) electrons. The minimum Gasteiger partial charge on any atom is -0.367 e. The third-order valence-electron chi connectivity index (χ3n) is 1.98. The zero-order valence-corrected chi connectivity index (χ0v) is 7.98. The first kappa shape index (κ1) is 12.7. The van der Waals surface area contributed by atoms with Gasteiger partial charge in [0.25, 0.3) is 0 Å². The van der Waals surface area contributed by atoms with Crippen LogP contribution in [0.25, 0.3) is 0 Å². The first-order valence-corrected chi connectivity index (χ1v) is 4.05. The second kappa shape index (κ2) is 4.28. The van der Waals surface area contributed by atoms with Gasteiger partial charge in [-0.05, 0) is 6.42 Å². The molecule has 0 spiro atoms. The fourth-order valence-electron chi connectivity index (χ4n) is 0.574. The quantitative estimate of drug-likeness (QED) is 0.705. The van der Waals surface area contributed by atoms with Crippen LogP contribution in [-0.4, -0.2) is 24.2 Å². The van der Waals surface area contributed by atoms with Crippen LogP contribution in [0.4, 0.5) is 13.2 Å². The molecule has 0 aliphatic heterocycles. The summed E-state index contributed by atoms with van der Waals surface area (Å²) in [6.45, 7) is 3.67. The van der Waals surface area contributed by atoms with E-state index in [1.807, 2.05) is 0 Å². The van der Waals surface area contributed by atoms with E-state index in [1.165, 1.54) is 0 Å². The molecule has 5 heteroatoms. The summed E-state index contributed by atoms with van der Waals surface area (Å²) in [5.74, 6) is 0. The van der Waals surface area contributed by atoms with Gasteiger partial charge in [-0.25, -0.2) is 0 Å². The molecule has 0 heterocycles. The molecule has 0 amide bonds. The van der Waals surface area contributed by atoms with Crippen LogP contribution in [-0.2, 0) is 4.74 Å². The fourth-order valence-corrected chi connectivity index (χ4v) is 0.574. The van der Waals surface area contributed by atoms with E-state index in [0.29, 0.717) is 6.42 Å². The molecule has 1 atom stereocenters. The largest absolute Gasteiger partial charge is 0.411 e. The zero-order valence-electron chi connectivity index (χ0n) is 7.98. The van der Waals surface area contributed by atoms with E-state index < -0.39 is 24.5 Å². The molecule has 0 rings (SSSR count). The van der Waals surface area contributed by atoms with Gasteiger partial charge in [0.15, 0.2) is 6.29 Å². The average molecular weight is 200 g/mol. The highest BCUT2D eigenvalue weighted by molar-refractivity contribution is 4.69. The van der Waals surface area contributed by atoms with Crippen molar-refractivity contribution in [1.82, 2.24) is 0 Å². The zero-order chi connectivity index (χ0) is 10.7. The second-order valence-electron chi connectivity index (χ2n) is 3.62. The number of aliphatic hydroxyl groups is 1. The van der Waals surface area contributed by atoms with Gasteiger partial charge >= 0.3 is 6.18 Å². The second-order valence-corrected chi connectivity index (χ2v) is 3.62. The third-order valence-corrected chi connectivity index (χ3v) is 1.98. The molecule has 0 aromatic heterocycles. The van der Waals surface area contributed by atoms with Crippen molar-refractivity contribution < 1.29 is 23.0 Å². The van der Waals surface area contributed by atoms with Gasteiger partial charge in [0.2, 0.25) is 0 Å². The summed E-state index contributed by atoms with van der Waals surface area (Å²) in [5.41, 5.74) is -0.648. The van der Waals surface area contributed by atoms with Crippen molar-refractivity contribution in [1.29, 1.82) is 0 Å². The molecule has 0 aliphatic rings. The molecule has 1 N–H and O–H groups in total. The Hall–Kier alpha value is -0.290. The van der Waals surface area contributed by atoms with E-state index in [0.717, 1.165) is 0 Å². The van der Waals surface area contributed by atoms with E-state index in [9.17, 15) is 18.3 Å². The highest BCUT2D eigenvalue weighted by atomic mass is 19.4. The highest BCUT2D eigenvalue weighted by Gasteiger charge is 2.33. The molecule has 0 aromatic carbocycles. The molecule has 0 saturated carbocycles. The highest BCUT2D eigenvalue weighted by Crippen LogP contribution is 2.27. The van der Waals surface area contributed by atoms with Gasteiger partial charge < -0.3 is 9.84 Å². The fraction of sp³-hybridized carbons (Fsp3) is 1.00. The van der Waals surface area contributed by atoms with E-state index in [-0.39, 0.29) is 0 Å². The molecule has 0 saturated heterocycles. The maximum Gasteiger partial charge on any atom is 0.411 e. The molecule has 80 valence electrons. The number of rotatable bonds is 4. The van der Waals surface area contributed by atoms with Crippen molar-refractivity contribution >= 4 is 0 Å². The molecule has 1 unspecified atom stereocenters. The van der Waals surface area contributed by atoms with E-state index in [4.69, 9.17) is 0 Å². The standard InChI is InChI=1S/C8H15F3O2/c1-4-7(2,3)6(12)13-5-8(9,10)11/h6,12H,4-5H2,1-3H3. The normalized spacial score (nSPS) is 15.9. The Bertz CT molecular complexity index is 154. The predicted octanol–water partition coefficient (Wildman–Crippen LogP) is 2.32.